The number of esters is 1. The van der Waals surface area contributed by atoms with Crippen LogP contribution in [0.1, 0.15) is 53.0 Å². The number of rotatable bonds is 8. The molecule has 0 saturated carbocycles. The lowest BCUT2D eigenvalue weighted by Gasteiger charge is -2.42. The van der Waals surface area contributed by atoms with Crippen molar-refractivity contribution in [1.82, 2.24) is 10.2 Å². The number of carbonyl (C=O) groups is 4. The Morgan fingerprint density at radius 3 is 2.56 bits per heavy atom. The number of anilines is 1. The average molecular weight is 785 g/mol. The van der Waals surface area contributed by atoms with Gasteiger partial charge in [0, 0.05) is 44.8 Å². The van der Waals surface area contributed by atoms with Crippen molar-refractivity contribution in [1.29, 1.82) is 0 Å². The Balaban J connectivity index is 1.76. The fourth-order valence-corrected chi connectivity index (χ4v) is 7.14. The molecule has 4 rings (SSSR count). The molecular weight excluding hydrogens is 732 g/mol. The number of alkyl carbamates (subject to hydrolysis) is 1. The molecule has 3 heterocycles. The van der Waals surface area contributed by atoms with Gasteiger partial charge in [0.25, 0.3) is 5.91 Å². The van der Waals surface area contributed by atoms with E-state index in [2.05, 4.69) is 11.9 Å². The number of aliphatic hydroxyl groups is 1. The number of epoxide rings is 1. The highest BCUT2D eigenvalue weighted by molar-refractivity contribution is 6.35. The van der Waals surface area contributed by atoms with Crippen LogP contribution in [0.4, 0.5) is 10.5 Å². The van der Waals surface area contributed by atoms with Gasteiger partial charge in [-0.3, -0.25) is 14.9 Å². The van der Waals surface area contributed by atoms with Crippen LogP contribution in [-0.2, 0) is 39.8 Å². The number of allylic oxidation sites excluding steroid dienone is 6. The van der Waals surface area contributed by atoms with Crippen LogP contribution >= 0.6 is 11.6 Å². The van der Waals surface area contributed by atoms with Crippen LogP contribution in [-0.4, -0.2) is 104 Å². The van der Waals surface area contributed by atoms with Crippen LogP contribution in [0.5, 0.6) is 5.75 Å². The Bertz CT molecular complexity index is 1800. The van der Waals surface area contributed by atoms with Gasteiger partial charge in [-0.25, -0.2) is 9.59 Å². The van der Waals surface area contributed by atoms with Crippen molar-refractivity contribution >= 4 is 41.2 Å². The van der Waals surface area contributed by atoms with Crippen molar-refractivity contribution in [3.05, 3.63) is 82.6 Å². The van der Waals surface area contributed by atoms with E-state index in [0.29, 0.717) is 23.6 Å². The zero-order chi connectivity index (χ0) is 41.0. The van der Waals surface area contributed by atoms with Gasteiger partial charge in [0.1, 0.15) is 40.7 Å². The number of benzene rings is 1. The van der Waals surface area contributed by atoms with Gasteiger partial charge in [-0.05, 0) is 64.0 Å². The van der Waals surface area contributed by atoms with Gasteiger partial charge in [0.15, 0.2) is 5.72 Å². The minimum absolute atomic E-state index is 0.0698. The van der Waals surface area contributed by atoms with E-state index in [1.54, 1.807) is 58.2 Å². The fourth-order valence-electron chi connectivity index (χ4n) is 6.83. The molecule has 2 saturated heterocycles. The number of methoxy groups -OCH3 is 2. The first-order chi connectivity index (χ1) is 25.8. The summed E-state index contributed by atoms with van der Waals surface area (Å²) >= 11 is 6.76. The van der Waals surface area contributed by atoms with E-state index >= 15 is 0 Å². The first-order valence-corrected chi connectivity index (χ1v) is 18.3. The number of nitrogens with two attached hydrogens (primary N) is 1. The average Bonchev–Trinajstić information content (AvgIpc) is 3.83. The summed E-state index contributed by atoms with van der Waals surface area (Å²) in [5.41, 5.74) is 5.38. The lowest BCUT2D eigenvalue weighted by Crippen LogP contribution is -2.63. The number of amides is 3. The van der Waals surface area contributed by atoms with E-state index < -0.39 is 71.6 Å². The number of carbonyl (C=O) groups excluding carboxylic acids is 4. The minimum Gasteiger partial charge on any atom is -0.495 e. The molecule has 1 aromatic rings. The Labute approximate surface area is 327 Å². The molecular formula is C40H53ClN4O10. The molecule has 3 aliphatic heterocycles. The summed E-state index contributed by atoms with van der Waals surface area (Å²) in [5.74, 6) is -1.97. The first kappa shape index (κ1) is 43.1. The van der Waals surface area contributed by atoms with Crippen LogP contribution in [0, 0.1) is 5.92 Å². The van der Waals surface area contributed by atoms with Gasteiger partial charge >= 0.3 is 12.1 Å². The van der Waals surface area contributed by atoms with Crippen LogP contribution < -0.4 is 20.7 Å². The highest BCUT2D eigenvalue weighted by atomic mass is 35.5. The molecule has 14 nitrogen and oxygen atoms in total. The third-order valence-corrected chi connectivity index (χ3v) is 10.8. The Hall–Kier alpha value is -4.63. The lowest BCUT2D eigenvalue weighted by molar-refractivity contribution is -0.161. The van der Waals surface area contributed by atoms with E-state index in [-0.39, 0.29) is 23.4 Å². The second-order valence-electron chi connectivity index (χ2n) is 14.6. The number of ether oxygens (including phenoxy) is 5. The van der Waals surface area contributed by atoms with Crippen molar-refractivity contribution in [3.63, 3.8) is 0 Å². The van der Waals surface area contributed by atoms with Gasteiger partial charge in [-0.2, -0.15) is 0 Å². The molecule has 8 atom stereocenters. The predicted octanol–water partition coefficient (Wildman–Crippen LogP) is 4.49. The van der Waals surface area contributed by atoms with Gasteiger partial charge in [0.05, 0.1) is 25.3 Å². The smallest absolute Gasteiger partial charge is 0.409 e. The second kappa shape index (κ2) is 17.4. The zero-order valence-corrected chi connectivity index (χ0v) is 33.6. The molecule has 15 heteroatoms. The summed E-state index contributed by atoms with van der Waals surface area (Å²) < 4.78 is 29.2. The summed E-state index contributed by atoms with van der Waals surface area (Å²) in [5, 5.41) is 14.5. The maximum absolute atomic E-state index is 14.2. The zero-order valence-electron chi connectivity index (χ0n) is 32.9. The maximum Gasteiger partial charge on any atom is 0.409 e. The highest BCUT2D eigenvalue weighted by Gasteiger charge is 2.64. The number of likely N-dealkylation sites (N-methyl/N-ethyl adjacent to an activating group) is 1. The minimum atomic E-state index is -1.84. The van der Waals surface area contributed by atoms with E-state index in [9.17, 15) is 24.3 Å². The van der Waals surface area contributed by atoms with Crippen molar-refractivity contribution in [2.24, 2.45) is 11.7 Å². The van der Waals surface area contributed by atoms with E-state index in [1.807, 2.05) is 13.0 Å². The van der Waals surface area contributed by atoms with E-state index in [1.165, 1.54) is 50.1 Å². The van der Waals surface area contributed by atoms with Crippen molar-refractivity contribution in [2.45, 2.75) is 95.7 Å². The Morgan fingerprint density at radius 2 is 1.95 bits per heavy atom. The molecule has 0 aromatic heterocycles. The molecule has 0 aliphatic carbocycles. The number of hydrogen-bond donors (Lipinski definition) is 3. The molecule has 0 radical (unpaired) electrons. The van der Waals surface area contributed by atoms with Crippen molar-refractivity contribution < 1.29 is 48.0 Å². The van der Waals surface area contributed by atoms with Crippen LogP contribution in [0.25, 0.3) is 0 Å². The molecule has 4 N–H and O–H groups in total. The Kier molecular flexibility index (Phi) is 13.7. The molecule has 4 bridgehead atoms. The largest absolute Gasteiger partial charge is 0.495 e. The normalized spacial score (nSPS) is 31.1. The van der Waals surface area contributed by atoms with Gasteiger partial charge in [-0.15, -0.1) is 0 Å². The monoisotopic (exact) mass is 784 g/mol. The molecule has 2 fully saturated rings. The molecule has 3 amide bonds. The third kappa shape index (κ3) is 9.61. The maximum atomic E-state index is 14.2. The quantitative estimate of drug-likeness (QED) is 0.146. The third-order valence-electron chi connectivity index (χ3n) is 10.4. The summed E-state index contributed by atoms with van der Waals surface area (Å²) in [7, 11) is 5.91. The number of nitrogens with one attached hydrogen (secondary N) is 1. The number of hydrogen-bond acceptors (Lipinski definition) is 11. The molecule has 0 unspecified atom stereocenters. The summed E-state index contributed by atoms with van der Waals surface area (Å²) in [6.07, 6.45) is 5.10. The molecule has 55 heavy (non-hydrogen) atoms. The number of halogens is 1. The topological polar surface area (TPSA) is 182 Å². The molecule has 3 aliphatic rings. The summed E-state index contributed by atoms with van der Waals surface area (Å²) in [4.78, 5) is 56.8. The molecule has 0 spiro atoms. The van der Waals surface area contributed by atoms with Crippen LogP contribution in [0.3, 0.4) is 0 Å². The van der Waals surface area contributed by atoms with Crippen LogP contribution in [0.15, 0.2) is 72.0 Å². The standard InChI is InChI=1S/C40H53ClN4O10/c1-11-27(16-15-23(3)42)36(47)44(7)25(5)37(48)54-32-20-33(46)45(8)28-18-26(19-29(51-9)34(28)41)17-22(2)13-12-14-31(52-10)40(50)21-30(53-38(49)43-40)24(4)35-39(32,6)55-35/h11-16,18-19,24-25,30-32,35,50H,1,17,20-21,42H2,2-10H3,(H,43,49)/b14-12+,22-13+,23-15+,27-16+/t24-,25+,30+,31-,32+,35+,39+,40+/m1/s1. The molecule has 300 valence electrons. The highest BCUT2D eigenvalue weighted by Crippen LogP contribution is 2.49. The van der Waals surface area contributed by atoms with E-state index in [0.717, 1.165) is 11.1 Å². The Morgan fingerprint density at radius 1 is 1.25 bits per heavy atom. The number of nitrogens with zero attached hydrogens (tertiary/aromatic N) is 2. The summed E-state index contributed by atoms with van der Waals surface area (Å²) in [6.45, 7) is 12.3. The number of fused-ring (bicyclic) bond motifs is 5. The van der Waals surface area contributed by atoms with Crippen molar-refractivity contribution in [2.75, 3.05) is 33.2 Å². The predicted molar refractivity (Wildman–Crippen MR) is 207 cm³/mol. The van der Waals surface area contributed by atoms with Gasteiger partial charge in [0.2, 0.25) is 5.91 Å². The van der Waals surface area contributed by atoms with Crippen LogP contribution in [0.2, 0.25) is 5.02 Å². The SMILES string of the molecule is C=C/C(=C\C=C(/C)N)C(=O)N(C)[C@@H](C)C(=O)O[C@H]1CC(=O)N(C)c2cc(cc(OC)c2Cl)C/C(C)=C/C=C/[C@@H](OC)[C@@]2(O)C[C@H](OC(=O)N2)[C@@H](C)[C@@H]2O[C@@]12C. The molecule has 1 aromatic carbocycles. The first-order valence-electron chi connectivity index (χ1n) is 17.9. The van der Waals surface area contributed by atoms with E-state index in [4.69, 9.17) is 41.0 Å². The van der Waals surface area contributed by atoms with Crippen molar-refractivity contribution in [3.8, 4) is 5.75 Å². The summed E-state index contributed by atoms with van der Waals surface area (Å²) in [6, 6.07) is 2.46. The van der Waals surface area contributed by atoms with Gasteiger partial charge < -0.3 is 44.3 Å². The van der Waals surface area contributed by atoms with Gasteiger partial charge in [-0.1, -0.05) is 55.0 Å². The second-order valence-corrected chi connectivity index (χ2v) is 14.9. The fraction of sp³-hybridized carbons (Fsp3) is 0.500. The lowest BCUT2D eigenvalue weighted by atomic mass is 9.83.